The van der Waals surface area contributed by atoms with E-state index in [2.05, 4.69) is 38.1 Å². The third-order valence-corrected chi connectivity index (χ3v) is 4.26. The van der Waals surface area contributed by atoms with E-state index in [9.17, 15) is 0 Å². The number of ether oxygens (including phenoxy) is 2. The van der Waals surface area contributed by atoms with Gasteiger partial charge in [0.2, 0.25) is 0 Å². The zero-order valence-electron chi connectivity index (χ0n) is 12.3. The maximum absolute atomic E-state index is 6.61. The fourth-order valence-electron chi connectivity index (χ4n) is 2.46. The zero-order chi connectivity index (χ0) is 14.8. The van der Waals surface area contributed by atoms with E-state index < -0.39 is 0 Å². The second-order valence-corrected chi connectivity index (χ2v) is 6.02. The molecule has 0 N–H and O–H groups in total. The highest BCUT2D eigenvalue weighted by molar-refractivity contribution is 6.22. The van der Waals surface area contributed by atoms with Crippen LogP contribution in [0.1, 0.15) is 41.8 Å². The molecule has 0 saturated carbocycles. The molecule has 1 aliphatic heterocycles. The topological polar surface area (TPSA) is 18.5 Å². The van der Waals surface area contributed by atoms with Crippen molar-refractivity contribution in [1.29, 1.82) is 0 Å². The van der Waals surface area contributed by atoms with Crippen LogP contribution in [0.2, 0.25) is 0 Å². The SMILES string of the molecule is CC(C)c1ccc(C(Cl)c2ccc3c(c2)OCCO3)cc1. The van der Waals surface area contributed by atoms with Crippen molar-refractivity contribution in [2.24, 2.45) is 0 Å². The first-order valence-electron chi connectivity index (χ1n) is 7.28. The monoisotopic (exact) mass is 302 g/mol. The smallest absolute Gasteiger partial charge is 0.161 e. The van der Waals surface area contributed by atoms with Crippen LogP contribution in [0.15, 0.2) is 42.5 Å². The summed E-state index contributed by atoms with van der Waals surface area (Å²) in [7, 11) is 0. The molecular formula is C18H19ClO2. The van der Waals surface area contributed by atoms with E-state index in [1.807, 2.05) is 18.2 Å². The Bertz CT molecular complexity index is 620. The van der Waals surface area contributed by atoms with Crippen LogP contribution in [0.3, 0.4) is 0 Å². The standard InChI is InChI=1S/C18H19ClO2/c1-12(2)13-3-5-14(6-4-13)18(19)15-7-8-16-17(11-15)21-10-9-20-16/h3-8,11-12,18H,9-10H2,1-2H3. The van der Waals surface area contributed by atoms with Gasteiger partial charge in [-0.3, -0.25) is 0 Å². The van der Waals surface area contributed by atoms with E-state index in [1.54, 1.807) is 0 Å². The van der Waals surface area contributed by atoms with Gasteiger partial charge in [-0.1, -0.05) is 44.2 Å². The van der Waals surface area contributed by atoms with Crippen molar-refractivity contribution in [3.63, 3.8) is 0 Å². The fraction of sp³-hybridized carbons (Fsp3) is 0.333. The lowest BCUT2D eigenvalue weighted by atomic mass is 9.98. The summed E-state index contributed by atoms with van der Waals surface area (Å²) in [6, 6.07) is 14.4. The van der Waals surface area contributed by atoms with E-state index in [1.165, 1.54) is 5.56 Å². The zero-order valence-corrected chi connectivity index (χ0v) is 13.1. The molecule has 0 aromatic heterocycles. The van der Waals surface area contributed by atoms with Crippen LogP contribution < -0.4 is 9.47 Å². The summed E-state index contributed by atoms with van der Waals surface area (Å²) in [4.78, 5) is 0. The van der Waals surface area contributed by atoms with Crippen LogP contribution in [-0.4, -0.2) is 13.2 Å². The maximum Gasteiger partial charge on any atom is 0.161 e. The van der Waals surface area contributed by atoms with Crippen molar-refractivity contribution >= 4 is 11.6 Å². The summed E-state index contributed by atoms with van der Waals surface area (Å²) in [5.74, 6) is 2.11. The molecule has 0 fully saturated rings. The van der Waals surface area contributed by atoms with Gasteiger partial charge >= 0.3 is 0 Å². The maximum atomic E-state index is 6.61. The second kappa shape index (κ2) is 5.98. The highest BCUT2D eigenvalue weighted by Crippen LogP contribution is 2.37. The molecule has 1 aliphatic rings. The van der Waals surface area contributed by atoms with Crippen molar-refractivity contribution in [3.05, 3.63) is 59.2 Å². The highest BCUT2D eigenvalue weighted by atomic mass is 35.5. The minimum absolute atomic E-state index is 0.179. The number of rotatable bonds is 3. The lowest BCUT2D eigenvalue weighted by Gasteiger charge is -2.20. The van der Waals surface area contributed by atoms with Crippen LogP contribution in [-0.2, 0) is 0 Å². The van der Waals surface area contributed by atoms with Gasteiger partial charge in [-0.05, 0) is 34.7 Å². The van der Waals surface area contributed by atoms with Gasteiger partial charge in [0.05, 0.1) is 5.38 Å². The summed E-state index contributed by atoms with van der Waals surface area (Å²) in [6.45, 7) is 5.57. The summed E-state index contributed by atoms with van der Waals surface area (Å²) < 4.78 is 11.2. The Hall–Kier alpha value is -1.67. The fourth-order valence-corrected chi connectivity index (χ4v) is 2.74. The van der Waals surface area contributed by atoms with Crippen molar-refractivity contribution in [2.75, 3.05) is 13.2 Å². The summed E-state index contributed by atoms with van der Waals surface area (Å²) >= 11 is 6.61. The molecule has 1 heterocycles. The molecule has 0 saturated heterocycles. The van der Waals surface area contributed by atoms with Gasteiger partial charge < -0.3 is 9.47 Å². The van der Waals surface area contributed by atoms with Gasteiger partial charge in [0.25, 0.3) is 0 Å². The van der Waals surface area contributed by atoms with Crippen LogP contribution in [0.5, 0.6) is 11.5 Å². The van der Waals surface area contributed by atoms with Crippen molar-refractivity contribution < 1.29 is 9.47 Å². The van der Waals surface area contributed by atoms with Crippen LogP contribution in [0, 0.1) is 0 Å². The molecule has 110 valence electrons. The van der Waals surface area contributed by atoms with Gasteiger partial charge in [-0.15, -0.1) is 11.6 Å². The van der Waals surface area contributed by atoms with Gasteiger partial charge in [0.1, 0.15) is 13.2 Å². The Kier molecular flexibility index (Phi) is 4.07. The summed E-state index contributed by atoms with van der Waals surface area (Å²) in [5.41, 5.74) is 3.45. The van der Waals surface area contributed by atoms with Crippen molar-refractivity contribution in [3.8, 4) is 11.5 Å². The number of fused-ring (bicyclic) bond motifs is 1. The Morgan fingerprint density at radius 2 is 1.38 bits per heavy atom. The van der Waals surface area contributed by atoms with E-state index in [4.69, 9.17) is 21.1 Å². The van der Waals surface area contributed by atoms with E-state index in [-0.39, 0.29) is 5.38 Å². The Balaban J connectivity index is 1.85. The number of alkyl halides is 1. The molecule has 0 spiro atoms. The van der Waals surface area contributed by atoms with Gasteiger partial charge in [0, 0.05) is 0 Å². The average molecular weight is 303 g/mol. The first-order chi connectivity index (χ1) is 10.1. The molecule has 0 bridgehead atoms. The van der Waals surface area contributed by atoms with E-state index in [0.29, 0.717) is 19.1 Å². The Morgan fingerprint density at radius 1 is 0.810 bits per heavy atom. The lowest BCUT2D eigenvalue weighted by molar-refractivity contribution is 0.171. The molecule has 0 amide bonds. The molecule has 1 unspecified atom stereocenters. The van der Waals surface area contributed by atoms with Crippen LogP contribution >= 0.6 is 11.6 Å². The van der Waals surface area contributed by atoms with Gasteiger partial charge in [-0.2, -0.15) is 0 Å². The first-order valence-corrected chi connectivity index (χ1v) is 7.72. The predicted molar refractivity (Wildman–Crippen MR) is 85.7 cm³/mol. The van der Waals surface area contributed by atoms with Crippen LogP contribution in [0.4, 0.5) is 0 Å². The highest BCUT2D eigenvalue weighted by Gasteiger charge is 2.16. The number of halogens is 1. The number of hydrogen-bond donors (Lipinski definition) is 0. The molecule has 0 radical (unpaired) electrons. The summed E-state index contributed by atoms with van der Waals surface area (Å²) in [5, 5.41) is -0.179. The minimum Gasteiger partial charge on any atom is -0.486 e. The third-order valence-electron chi connectivity index (χ3n) is 3.75. The normalized spacial score (nSPS) is 15.0. The quantitative estimate of drug-likeness (QED) is 0.750. The molecule has 2 aromatic carbocycles. The minimum atomic E-state index is -0.179. The van der Waals surface area contributed by atoms with E-state index in [0.717, 1.165) is 22.6 Å². The molecule has 1 atom stereocenters. The third kappa shape index (κ3) is 3.01. The van der Waals surface area contributed by atoms with E-state index >= 15 is 0 Å². The summed E-state index contributed by atoms with van der Waals surface area (Å²) in [6.07, 6.45) is 0. The molecule has 2 nitrogen and oxygen atoms in total. The molecule has 3 rings (SSSR count). The largest absolute Gasteiger partial charge is 0.486 e. The van der Waals surface area contributed by atoms with Gasteiger partial charge in [-0.25, -0.2) is 0 Å². The lowest BCUT2D eigenvalue weighted by Crippen LogP contribution is -2.15. The average Bonchev–Trinajstić information content (AvgIpc) is 2.54. The first kappa shape index (κ1) is 14.3. The van der Waals surface area contributed by atoms with Gasteiger partial charge in [0.15, 0.2) is 11.5 Å². The Morgan fingerprint density at radius 3 is 2.05 bits per heavy atom. The Labute approximate surface area is 130 Å². The molecule has 2 aromatic rings. The molecule has 21 heavy (non-hydrogen) atoms. The number of hydrogen-bond acceptors (Lipinski definition) is 2. The molecular weight excluding hydrogens is 284 g/mol. The van der Waals surface area contributed by atoms with Crippen molar-refractivity contribution in [1.82, 2.24) is 0 Å². The van der Waals surface area contributed by atoms with Crippen LogP contribution in [0.25, 0.3) is 0 Å². The van der Waals surface area contributed by atoms with Crippen molar-refractivity contribution in [2.45, 2.75) is 25.1 Å². The number of benzene rings is 2. The molecule has 3 heteroatoms. The second-order valence-electron chi connectivity index (χ2n) is 5.59. The molecule has 0 aliphatic carbocycles. The predicted octanol–water partition coefficient (Wildman–Crippen LogP) is 4.91.